The molecule has 0 spiro atoms. The summed E-state index contributed by atoms with van der Waals surface area (Å²) in [4.78, 5) is 12.5. The van der Waals surface area contributed by atoms with E-state index >= 15 is 0 Å². The van der Waals surface area contributed by atoms with Gasteiger partial charge in [0.25, 0.3) is 0 Å². The third kappa shape index (κ3) is 7.53. The fourth-order valence-electron chi connectivity index (χ4n) is 9.87. The molecule has 0 unspecified atom stereocenters. The van der Waals surface area contributed by atoms with Crippen LogP contribution in [0, 0.1) is 46.3 Å². The second-order valence-electron chi connectivity index (χ2n) is 15.7. The lowest BCUT2D eigenvalue weighted by atomic mass is 9.47. The van der Waals surface area contributed by atoms with Gasteiger partial charge in [-0.15, -0.1) is 0 Å². The summed E-state index contributed by atoms with van der Waals surface area (Å²) in [5.74, 6) is 5.11. The zero-order valence-corrected chi connectivity index (χ0v) is 27.9. The van der Waals surface area contributed by atoms with Gasteiger partial charge in [-0.05, 0) is 131 Å². The van der Waals surface area contributed by atoms with Gasteiger partial charge in [0.1, 0.15) is 12.7 Å². The number of ether oxygens (including phenoxy) is 2. The molecule has 0 bridgehead atoms. The standard InChI is InChI=1S/C38H62O3/c1-26(2)11-9-13-28(5)21-24-40-36(39)41-31-19-22-37(7)30(25-31)15-16-32-34-18-17-33(29(6)14-10-12-27(3)4)38(34,8)23-20-35(32)37/h11,15,21,27,29,31-35H,9-10,12-14,16-20,22-25H2,1-8H3/b28-21+/t29-,31+,32-,33+,34-,35-,37+,38+/m1/s1. The second kappa shape index (κ2) is 13.9. The molecule has 0 heterocycles. The molecule has 3 fully saturated rings. The van der Waals surface area contributed by atoms with E-state index in [1.54, 1.807) is 5.57 Å². The first kappa shape index (κ1) is 32.4. The Morgan fingerprint density at radius 3 is 2.51 bits per heavy atom. The maximum Gasteiger partial charge on any atom is 0.508 e. The number of fused-ring (bicyclic) bond motifs is 5. The Bertz CT molecular complexity index is 983. The van der Waals surface area contributed by atoms with E-state index in [0.29, 0.717) is 12.0 Å². The Morgan fingerprint density at radius 1 is 1.00 bits per heavy atom. The maximum absolute atomic E-state index is 12.5. The van der Waals surface area contributed by atoms with Crippen LogP contribution in [-0.2, 0) is 9.47 Å². The van der Waals surface area contributed by atoms with Crippen molar-refractivity contribution in [1.82, 2.24) is 0 Å². The first-order valence-electron chi connectivity index (χ1n) is 17.3. The zero-order chi connectivity index (χ0) is 29.8. The van der Waals surface area contributed by atoms with E-state index in [1.165, 1.54) is 62.5 Å². The summed E-state index contributed by atoms with van der Waals surface area (Å²) in [6, 6.07) is 0. The number of carbonyl (C=O) groups is 1. The lowest BCUT2D eigenvalue weighted by molar-refractivity contribution is -0.0613. The van der Waals surface area contributed by atoms with Gasteiger partial charge in [0.05, 0.1) is 0 Å². The molecule has 0 aliphatic heterocycles. The van der Waals surface area contributed by atoms with E-state index < -0.39 is 6.16 Å². The summed E-state index contributed by atoms with van der Waals surface area (Å²) in [5.41, 5.74) is 4.97. The highest BCUT2D eigenvalue weighted by molar-refractivity contribution is 5.60. The molecule has 3 heteroatoms. The Hall–Kier alpha value is -1.51. The van der Waals surface area contributed by atoms with Gasteiger partial charge in [-0.25, -0.2) is 4.79 Å². The highest BCUT2D eigenvalue weighted by atomic mass is 16.7. The molecule has 3 saturated carbocycles. The Morgan fingerprint density at radius 2 is 1.78 bits per heavy atom. The quantitative estimate of drug-likeness (QED) is 0.184. The molecule has 0 saturated heterocycles. The molecule has 0 N–H and O–H groups in total. The summed E-state index contributed by atoms with van der Waals surface area (Å²) in [5, 5.41) is 0. The third-order valence-corrected chi connectivity index (χ3v) is 12.2. The molecule has 0 amide bonds. The highest BCUT2D eigenvalue weighted by Gasteiger charge is 2.59. The fraction of sp³-hybridized carbons (Fsp3) is 0.816. The Kier molecular flexibility index (Phi) is 10.9. The molecule has 232 valence electrons. The summed E-state index contributed by atoms with van der Waals surface area (Å²) in [7, 11) is 0. The van der Waals surface area contributed by atoms with E-state index in [9.17, 15) is 4.79 Å². The van der Waals surface area contributed by atoms with Gasteiger partial charge in [-0.1, -0.05) is 82.8 Å². The van der Waals surface area contributed by atoms with Gasteiger partial charge in [0, 0.05) is 6.42 Å². The van der Waals surface area contributed by atoms with Crippen molar-refractivity contribution in [2.24, 2.45) is 46.3 Å². The zero-order valence-electron chi connectivity index (χ0n) is 27.9. The maximum atomic E-state index is 12.5. The number of hydrogen-bond acceptors (Lipinski definition) is 3. The smallest absolute Gasteiger partial charge is 0.431 e. The molecule has 4 aliphatic rings. The molecule has 0 radical (unpaired) electrons. The number of rotatable bonds is 11. The van der Waals surface area contributed by atoms with Gasteiger partial charge >= 0.3 is 6.16 Å². The van der Waals surface area contributed by atoms with Crippen LogP contribution in [0.4, 0.5) is 4.79 Å². The van der Waals surface area contributed by atoms with Crippen LogP contribution >= 0.6 is 0 Å². The predicted molar refractivity (Wildman–Crippen MR) is 172 cm³/mol. The third-order valence-electron chi connectivity index (χ3n) is 12.2. The highest BCUT2D eigenvalue weighted by Crippen LogP contribution is 2.67. The SMILES string of the molecule is CC(C)=CCC/C(C)=C/COC(=O)O[C@H]1CC[C@@]2(C)C(=CC[C@@H]3[C@H]4CC[C@@H]([C@H](C)CCCC(C)C)[C@]4(C)CC[C@H]32)C1. The minimum atomic E-state index is -0.505. The van der Waals surface area contributed by atoms with Crippen LogP contribution in [0.3, 0.4) is 0 Å². The van der Waals surface area contributed by atoms with E-state index in [2.05, 4.69) is 67.5 Å². The monoisotopic (exact) mass is 566 g/mol. The van der Waals surface area contributed by atoms with Crippen molar-refractivity contribution in [3.8, 4) is 0 Å². The molecule has 3 nitrogen and oxygen atoms in total. The van der Waals surface area contributed by atoms with E-state index in [-0.39, 0.29) is 11.5 Å². The van der Waals surface area contributed by atoms with Gasteiger partial charge in [-0.2, -0.15) is 0 Å². The average Bonchev–Trinajstić information content (AvgIpc) is 3.25. The first-order valence-corrected chi connectivity index (χ1v) is 17.3. The molecule has 0 aromatic heterocycles. The molecule has 4 rings (SSSR count). The van der Waals surface area contributed by atoms with Crippen molar-refractivity contribution in [2.45, 2.75) is 145 Å². The van der Waals surface area contributed by atoms with E-state index in [4.69, 9.17) is 9.47 Å². The second-order valence-corrected chi connectivity index (χ2v) is 15.7. The molecular weight excluding hydrogens is 504 g/mol. The van der Waals surface area contributed by atoms with Crippen LogP contribution in [0.5, 0.6) is 0 Å². The van der Waals surface area contributed by atoms with Crippen LogP contribution < -0.4 is 0 Å². The van der Waals surface area contributed by atoms with Crippen molar-refractivity contribution >= 4 is 6.16 Å². The van der Waals surface area contributed by atoms with Crippen LogP contribution in [-0.4, -0.2) is 18.9 Å². The van der Waals surface area contributed by atoms with Gasteiger partial charge in [-0.3, -0.25) is 0 Å². The summed E-state index contributed by atoms with van der Waals surface area (Å²) in [6.45, 7) is 19.2. The lowest BCUT2D eigenvalue weighted by Crippen LogP contribution is -2.51. The topological polar surface area (TPSA) is 35.5 Å². The lowest BCUT2D eigenvalue weighted by Gasteiger charge is -2.58. The summed E-state index contributed by atoms with van der Waals surface area (Å²) >= 11 is 0. The van der Waals surface area contributed by atoms with Crippen LogP contribution in [0.1, 0.15) is 139 Å². The van der Waals surface area contributed by atoms with Gasteiger partial charge < -0.3 is 9.47 Å². The van der Waals surface area contributed by atoms with Crippen LogP contribution in [0.25, 0.3) is 0 Å². The Balaban J connectivity index is 1.30. The molecule has 0 aromatic rings. The molecule has 8 atom stereocenters. The fourth-order valence-corrected chi connectivity index (χ4v) is 9.87. The largest absolute Gasteiger partial charge is 0.508 e. The predicted octanol–water partition coefficient (Wildman–Crippen LogP) is 11.2. The minimum Gasteiger partial charge on any atom is -0.431 e. The summed E-state index contributed by atoms with van der Waals surface area (Å²) in [6.07, 6.45) is 22.4. The van der Waals surface area contributed by atoms with Crippen LogP contribution in [0.2, 0.25) is 0 Å². The first-order chi connectivity index (χ1) is 19.4. The van der Waals surface area contributed by atoms with Gasteiger partial charge in [0.2, 0.25) is 0 Å². The van der Waals surface area contributed by atoms with Crippen molar-refractivity contribution in [3.63, 3.8) is 0 Å². The van der Waals surface area contributed by atoms with E-state index in [0.717, 1.165) is 67.6 Å². The van der Waals surface area contributed by atoms with Crippen molar-refractivity contribution in [1.29, 1.82) is 0 Å². The number of hydrogen-bond donors (Lipinski definition) is 0. The minimum absolute atomic E-state index is 0.0440. The van der Waals surface area contributed by atoms with Crippen molar-refractivity contribution in [2.75, 3.05) is 6.61 Å². The van der Waals surface area contributed by atoms with E-state index in [1.807, 2.05) is 6.08 Å². The summed E-state index contributed by atoms with van der Waals surface area (Å²) < 4.78 is 11.3. The average molecular weight is 567 g/mol. The number of carbonyl (C=O) groups excluding carboxylic acids is 1. The van der Waals surface area contributed by atoms with Crippen molar-refractivity contribution in [3.05, 3.63) is 34.9 Å². The molecule has 41 heavy (non-hydrogen) atoms. The van der Waals surface area contributed by atoms with Crippen molar-refractivity contribution < 1.29 is 14.3 Å². The van der Waals surface area contributed by atoms with Gasteiger partial charge in [0.15, 0.2) is 0 Å². The Labute approximate surface area is 253 Å². The van der Waals surface area contributed by atoms with Crippen LogP contribution in [0.15, 0.2) is 34.9 Å². The molecule has 0 aromatic carbocycles. The molecule has 4 aliphatic carbocycles. The normalized spacial score (nSPS) is 35.6. The molecular formula is C38H62O3. The number of allylic oxidation sites excluding steroid dienone is 4.